The molecule has 0 aliphatic carbocycles. The molecule has 0 bridgehead atoms. The van der Waals surface area contributed by atoms with Crippen LogP contribution in [0.1, 0.15) is 21.0 Å². The lowest BCUT2D eigenvalue weighted by atomic mass is 10.2. The van der Waals surface area contributed by atoms with Crippen LogP contribution in [0.25, 0.3) is 11.4 Å². The minimum absolute atomic E-state index is 0.0549. The van der Waals surface area contributed by atoms with Crippen LogP contribution in [0.5, 0.6) is 0 Å². The van der Waals surface area contributed by atoms with Gasteiger partial charge < -0.3 is 14.0 Å². The Balaban J connectivity index is 2.65. The van der Waals surface area contributed by atoms with Crippen molar-refractivity contribution in [1.29, 1.82) is 0 Å². The first kappa shape index (κ1) is 13.8. The van der Waals surface area contributed by atoms with Gasteiger partial charge in [-0.05, 0) is 0 Å². The summed E-state index contributed by atoms with van der Waals surface area (Å²) in [4.78, 5) is 27.8. The van der Waals surface area contributed by atoms with Crippen molar-refractivity contribution in [1.82, 2.24) is 9.55 Å². The monoisotopic (exact) mass is 274 g/mol. The van der Waals surface area contributed by atoms with Gasteiger partial charge >= 0.3 is 11.9 Å². The van der Waals surface area contributed by atoms with Crippen molar-refractivity contribution in [2.24, 2.45) is 7.05 Å². The van der Waals surface area contributed by atoms with Gasteiger partial charge in [-0.2, -0.15) is 0 Å². The molecule has 6 nitrogen and oxygen atoms in total. The van der Waals surface area contributed by atoms with E-state index in [4.69, 9.17) is 4.74 Å². The van der Waals surface area contributed by atoms with Crippen molar-refractivity contribution in [3.8, 4) is 11.4 Å². The highest BCUT2D eigenvalue weighted by molar-refractivity contribution is 6.01. The van der Waals surface area contributed by atoms with E-state index in [1.165, 1.54) is 18.8 Å². The summed E-state index contributed by atoms with van der Waals surface area (Å²) in [6, 6.07) is 9.24. The fourth-order valence-electron chi connectivity index (χ4n) is 1.91. The number of aromatic nitrogens is 2. The van der Waals surface area contributed by atoms with Crippen LogP contribution >= 0.6 is 0 Å². The second-order valence-electron chi connectivity index (χ2n) is 4.04. The molecule has 0 saturated heterocycles. The molecule has 0 radical (unpaired) electrons. The van der Waals surface area contributed by atoms with Crippen LogP contribution in [0.2, 0.25) is 0 Å². The van der Waals surface area contributed by atoms with Gasteiger partial charge in [0.25, 0.3) is 0 Å². The van der Waals surface area contributed by atoms with Crippen LogP contribution in [0.15, 0.2) is 30.3 Å². The number of ether oxygens (including phenoxy) is 2. The number of hydrogen-bond donors (Lipinski definition) is 0. The molecule has 0 N–H and O–H groups in total. The number of rotatable bonds is 3. The Labute approximate surface area is 116 Å². The van der Waals surface area contributed by atoms with Crippen LogP contribution in [-0.2, 0) is 16.5 Å². The maximum absolute atomic E-state index is 11.8. The van der Waals surface area contributed by atoms with E-state index in [1.54, 1.807) is 7.05 Å². The SMILES string of the molecule is COC(=O)c1nc(-c2ccccc2)n(C)c1C(=O)OC. The van der Waals surface area contributed by atoms with Gasteiger partial charge in [0, 0.05) is 12.6 Å². The second kappa shape index (κ2) is 5.56. The number of carbonyl (C=O) groups excluding carboxylic acids is 2. The minimum Gasteiger partial charge on any atom is -0.464 e. The summed E-state index contributed by atoms with van der Waals surface area (Å²) in [5.74, 6) is -0.822. The largest absolute Gasteiger partial charge is 0.464 e. The Kier molecular flexibility index (Phi) is 3.84. The van der Waals surface area contributed by atoms with E-state index in [-0.39, 0.29) is 11.4 Å². The first-order valence-electron chi connectivity index (χ1n) is 5.89. The molecule has 104 valence electrons. The van der Waals surface area contributed by atoms with Crippen molar-refractivity contribution in [3.63, 3.8) is 0 Å². The highest BCUT2D eigenvalue weighted by Crippen LogP contribution is 2.22. The van der Waals surface area contributed by atoms with Crippen LogP contribution in [0.3, 0.4) is 0 Å². The number of imidazole rings is 1. The molecule has 0 aliphatic rings. The summed E-state index contributed by atoms with van der Waals surface area (Å²) >= 11 is 0. The zero-order valence-electron chi connectivity index (χ0n) is 11.4. The van der Waals surface area contributed by atoms with E-state index in [0.717, 1.165) is 5.56 Å². The minimum atomic E-state index is -0.678. The van der Waals surface area contributed by atoms with Gasteiger partial charge in [-0.3, -0.25) is 0 Å². The maximum Gasteiger partial charge on any atom is 0.359 e. The van der Waals surface area contributed by atoms with Crippen molar-refractivity contribution < 1.29 is 19.1 Å². The van der Waals surface area contributed by atoms with Crippen molar-refractivity contribution >= 4 is 11.9 Å². The number of carbonyl (C=O) groups is 2. The zero-order chi connectivity index (χ0) is 14.7. The molecule has 0 aliphatic heterocycles. The molecule has 0 spiro atoms. The van der Waals surface area contributed by atoms with Gasteiger partial charge in [-0.15, -0.1) is 0 Å². The fraction of sp³-hybridized carbons (Fsp3) is 0.214. The average molecular weight is 274 g/mol. The van der Waals surface area contributed by atoms with Crippen LogP contribution < -0.4 is 0 Å². The Hall–Kier alpha value is -2.63. The van der Waals surface area contributed by atoms with Gasteiger partial charge in [0.2, 0.25) is 0 Å². The third-order valence-electron chi connectivity index (χ3n) is 2.88. The molecule has 6 heteroatoms. The number of esters is 2. The second-order valence-corrected chi connectivity index (χ2v) is 4.04. The number of hydrogen-bond acceptors (Lipinski definition) is 5. The summed E-state index contributed by atoms with van der Waals surface area (Å²) in [6.45, 7) is 0. The van der Waals surface area contributed by atoms with E-state index in [9.17, 15) is 9.59 Å². The topological polar surface area (TPSA) is 70.4 Å². The predicted molar refractivity (Wildman–Crippen MR) is 71.3 cm³/mol. The quantitative estimate of drug-likeness (QED) is 0.796. The maximum atomic E-state index is 11.8. The zero-order valence-corrected chi connectivity index (χ0v) is 11.4. The Bertz CT molecular complexity index is 647. The standard InChI is InChI=1S/C14H14N2O4/c1-16-11(14(18)20-3)10(13(17)19-2)15-12(16)9-7-5-4-6-8-9/h4-8H,1-3H3. The van der Waals surface area contributed by atoms with Crippen LogP contribution in [0, 0.1) is 0 Å². The van der Waals surface area contributed by atoms with Gasteiger partial charge in [-0.25, -0.2) is 14.6 Å². The molecule has 2 aromatic rings. The van der Waals surface area contributed by atoms with Gasteiger partial charge in [0.1, 0.15) is 5.82 Å². The van der Waals surface area contributed by atoms with Crippen molar-refractivity contribution in [3.05, 3.63) is 41.7 Å². The summed E-state index contributed by atoms with van der Waals surface area (Å²) < 4.78 is 10.9. The summed E-state index contributed by atoms with van der Waals surface area (Å²) in [5, 5.41) is 0. The molecule has 0 unspecified atom stereocenters. The fourth-order valence-corrected chi connectivity index (χ4v) is 1.91. The molecule has 0 amide bonds. The first-order chi connectivity index (χ1) is 9.60. The number of benzene rings is 1. The lowest BCUT2D eigenvalue weighted by molar-refractivity contribution is 0.0544. The van der Waals surface area contributed by atoms with E-state index in [1.807, 2.05) is 30.3 Å². The summed E-state index contributed by atoms with van der Waals surface area (Å²) in [7, 11) is 4.13. The van der Waals surface area contributed by atoms with Gasteiger partial charge in [-0.1, -0.05) is 30.3 Å². The molecule has 2 rings (SSSR count). The predicted octanol–water partition coefficient (Wildman–Crippen LogP) is 1.66. The van der Waals surface area contributed by atoms with Gasteiger partial charge in [0.15, 0.2) is 11.4 Å². The Morgan fingerprint density at radius 2 is 1.65 bits per heavy atom. The lowest BCUT2D eigenvalue weighted by Gasteiger charge is -2.04. The van der Waals surface area contributed by atoms with Crippen molar-refractivity contribution in [2.45, 2.75) is 0 Å². The average Bonchev–Trinajstić information content (AvgIpc) is 2.84. The summed E-state index contributed by atoms with van der Waals surface area (Å²) in [6.07, 6.45) is 0. The summed E-state index contributed by atoms with van der Waals surface area (Å²) in [5.41, 5.74) is 0.800. The molecular weight excluding hydrogens is 260 g/mol. The molecule has 1 aromatic carbocycles. The lowest BCUT2D eigenvalue weighted by Crippen LogP contribution is -2.14. The first-order valence-corrected chi connectivity index (χ1v) is 5.89. The van der Waals surface area contributed by atoms with Crippen LogP contribution in [-0.4, -0.2) is 35.7 Å². The molecule has 0 atom stereocenters. The molecule has 20 heavy (non-hydrogen) atoms. The Morgan fingerprint density at radius 1 is 1.05 bits per heavy atom. The van der Waals surface area contributed by atoms with Crippen LogP contribution in [0.4, 0.5) is 0 Å². The molecule has 1 aromatic heterocycles. The molecule has 0 saturated carbocycles. The molecular formula is C14H14N2O4. The van der Waals surface area contributed by atoms with Gasteiger partial charge in [0.05, 0.1) is 14.2 Å². The van der Waals surface area contributed by atoms with E-state index < -0.39 is 11.9 Å². The number of methoxy groups -OCH3 is 2. The molecule has 1 heterocycles. The molecule has 0 fully saturated rings. The third kappa shape index (κ3) is 2.27. The Morgan fingerprint density at radius 3 is 2.20 bits per heavy atom. The normalized spacial score (nSPS) is 10.2. The highest BCUT2D eigenvalue weighted by Gasteiger charge is 2.27. The third-order valence-corrected chi connectivity index (χ3v) is 2.88. The highest BCUT2D eigenvalue weighted by atomic mass is 16.5. The van der Waals surface area contributed by atoms with E-state index in [0.29, 0.717) is 5.82 Å². The van der Waals surface area contributed by atoms with E-state index >= 15 is 0 Å². The van der Waals surface area contributed by atoms with Crippen molar-refractivity contribution in [2.75, 3.05) is 14.2 Å². The number of nitrogens with zero attached hydrogens (tertiary/aromatic N) is 2. The van der Waals surface area contributed by atoms with E-state index in [2.05, 4.69) is 9.72 Å². The smallest absolute Gasteiger partial charge is 0.359 e.